The zero-order valence-corrected chi connectivity index (χ0v) is 10.4. The number of anilines is 1. The largest absolute Gasteiger partial charge is 0.399 e. The zero-order valence-electron chi connectivity index (χ0n) is 8.78. The summed E-state index contributed by atoms with van der Waals surface area (Å²) < 4.78 is 0. The molecule has 0 atom stereocenters. The van der Waals surface area contributed by atoms with E-state index < -0.39 is 0 Å². The van der Waals surface area contributed by atoms with Crippen molar-refractivity contribution < 1.29 is 4.79 Å². The minimum absolute atomic E-state index is 0.0227. The first-order valence-corrected chi connectivity index (χ1v) is 6.63. The van der Waals surface area contributed by atoms with E-state index in [0.29, 0.717) is 16.3 Å². The highest BCUT2D eigenvalue weighted by Gasteiger charge is 2.18. The standard InChI is InChI=1S/C11H13ClN2OS/c12-9-5-8(6-10(13)7-9)11(15)14-1-3-16-4-2-14/h5-7H,1-4,13H2. The molecule has 1 fully saturated rings. The van der Waals surface area contributed by atoms with Crippen LogP contribution in [0, 0.1) is 0 Å². The summed E-state index contributed by atoms with van der Waals surface area (Å²) >= 11 is 7.75. The second-order valence-corrected chi connectivity index (χ2v) is 5.34. The van der Waals surface area contributed by atoms with Gasteiger partial charge in [0.2, 0.25) is 0 Å². The maximum atomic E-state index is 12.1. The topological polar surface area (TPSA) is 46.3 Å². The molecule has 1 amide bonds. The van der Waals surface area contributed by atoms with Crippen LogP contribution in [-0.2, 0) is 0 Å². The molecule has 16 heavy (non-hydrogen) atoms. The number of carbonyl (C=O) groups is 1. The predicted octanol–water partition coefficient (Wildman–Crippen LogP) is 2.11. The third-order valence-corrected chi connectivity index (χ3v) is 3.63. The van der Waals surface area contributed by atoms with E-state index in [1.807, 2.05) is 16.7 Å². The van der Waals surface area contributed by atoms with Gasteiger partial charge in [-0.2, -0.15) is 11.8 Å². The lowest BCUT2D eigenvalue weighted by molar-refractivity contribution is 0.0772. The van der Waals surface area contributed by atoms with E-state index in [4.69, 9.17) is 17.3 Å². The molecule has 0 radical (unpaired) electrons. The van der Waals surface area contributed by atoms with Gasteiger partial charge in [0.05, 0.1) is 0 Å². The van der Waals surface area contributed by atoms with E-state index in [1.54, 1.807) is 18.2 Å². The van der Waals surface area contributed by atoms with E-state index in [-0.39, 0.29) is 5.91 Å². The lowest BCUT2D eigenvalue weighted by atomic mass is 10.1. The highest BCUT2D eigenvalue weighted by Crippen LogP contribution is 2.19. The van der Waals surface area contributed by atoms with Crippen LogP contribution in [0.5, 0.6) is 0 Å². The number of hydrogen-bond acceptors (Lipinski definition) is 3. The Kier molecular flexibility index (Phi) is 3.61. The van der Waals surface area contributed by atoms with E-state index >= 15 is 0 Å². The molecule has 1 heterocycles. The van der Waals surface area contributed by atoms with Crippen molar-refractivity contribution >= 4 is 35.0 Å². The fraction of sp³-hybridized carbons (Fsp3) is 0.364. The molecular formula is C11H13ClN2OS. The first kappa shape index (κ1) is 11.6. The molecule has 1 aromatic carbocycles. The number of nitrogens with zero attached hydrogens (tertiary/aromatic N) is 1. The molecule has 2 rings (SSSR count). The number of thioether (sulfide) groups is 1. The normalized spacial score (nSPS) is 16.2. The molecule has 1 aliphatic rings. The Balaban J connectivity index is 2.19. The van der Waals surface area contributed by atoms with Crippen molar-refractivity contribution in [3.63, 3.8) is 0 Å². The number of benzene rings is 1. The van der Waals surface area contributed by atoms with Crippen LogP contribution in [0.2, 0.25) is 5.02 Å². The Morgan fingerprint density at radius 1 is 1.31 bits per heavy atom. The third-order valence-electron chi connectivity index (χ3n) is 2.47. The Hall–Kier alpha value is -0.870. The number of hydrogen-bond donors (Lipinski definition) is 1. The molecule has 0 bridgehead atoms. The van der Waals surface area contributed by atoms with Crippen LogP contribution in [-0.4, -0.2) is 35.4 Å². The number of amides is 1. The van der Waals surface area contributed by atoms with Gasteiger partial charge in [0.25, 0.3) is 5.91 Å². The van der Waals surface area contributed by atoms with E-state index in [2.05, 4.69) is 0 Å². The summed E-state index contributed by atoms with van der Waals surface area (Å²) in [7, 11) is 0. The fourth-order valence-corrected chi connectivity index (χ4v) is 2.83. The van der Waals surface area contributed by atoms with Gasteiger partial charge in [-0.15, -0.1) is 0 Å². The van der Waals surface area contributed by atoms with Crippen molar-refractivity contribution in [2.75, 3.05) is 30.3 Å². The molecule has 86 valence electrons. The summed E-state index contributed by atoms with van der Waals surface area (Å²) in [6.07, 6.45) is 0. The number of nitrogen functional groups attached to an aromatic ring is 1. The average molecular weight is 257 g/mol. The molecule has 0 unspecified atom stereocenters. The van der Waals surface area contributed by atoms with Crippen LogP contribution in [0.15, 0.2) is 18.2 Å². The van der Waals surface area contributed by atoms with Gasteiger partial charge in [-0.05, 0) is 18.2 Å². The first-order valence-electron chi connectivity index (χ1n) is 5.10. The summed E-state index contributed by atoms with van der Waals surface area (Å²) in [5.41, 5.74) is 6.78. The van der Waals surface area contributed by atoms with Gasteiger partial charge in [0.15, 0.2) is 0 Å². The van der Waals surface area contributed by atoms with E-state index in [9.17, 15) is 4.79 Å². The number of rotatable bonds is 1. The van der Waals surface area contributed by atoms with Crippen LogP contribution in [0.3, 0.4) is 0 Å². The van der Waals surface area contributed by atoms with Crippen LogP contribution in [0.25, 0.3) is 0 Å². The summed E-state index contributed by atoms with van der Waals surface area (Å²) in [5.74, 6) is 2.03. The van der Waals surface area contributed by atoms with Crippen LogP contribution < -0.4 is 5.73 Å². The molecule has 1 aromatic rings. The quantitative estimate of drug-likeness (QED) is 0.783. The Morgan fingerprint density at radius 2 is 2.00 bits per heavy atom. The van der Waals surface area contributed by atoms with Crippen molar-refractivity contribution in [3.8, 4) is 0 Å². The lowest BCUT2D eigenvalue weighted by Gasteiger charge is -2.26. The smallest absolute Gasteiger partial charge is 0.254 e. The van der Waals surface area contributed by atoms with Gasteiger partial charge in [0.1, 0.15) is 0 Å². The van der Waals surface area contributed by atoms with E-state index in [1.165, 1.54) is 0 Å². The molecule has 1 saturated heterocycles. The monoisotopic (exact) mass is 256 g/mol. The van der Waals surface area contributed by atoms with Crippen molar-refractivity contribution in [1.82, 2.24) is 4.90 Å². The lowest BCUT2D eigenvalue weighted by Crippen LogP contribution is -2.37. The average Bonchev–Trinajstić information content (AvgIpc) is 2.28. The van der Waals surface area contributed by atoms with Crippen LogP contribution >= 0.6 is 23.4 Å². The molecule has 1 aliphatic heterocycles. The van der Waals surface area contributed by atoms with Crippen LogP contribution in [0.1, 0.15) is 10.4 Å². The molecule has 0 aliphatic carbocycles. The molecule has 3 nitrogen and oxygen atoms in total. The van der Waals surface area contributed by atoms with Crippen molar-refractivity contribution in [2.45, 2.75) is 0 Å². The fourth-order valence-electron chi connectivity index (χ4n) is 1.68. The minimum Gasteiger partial charge on any atom is -0.399 e. The number of carbonyl (C=O) groups excluding carboxylic acids is 1. The molecule has 0 saturated carbocycles. The maximum absolute atomic E-state index is 12.1. The second-order valence-electron chi connectivity index (χ2n) is 3.68. The van der Waals surface area contributed by atoms with Gasteiger partial charge in [0, 0.05) is 40.9 Å². The predicted molar refractivity (Wildman–Crippen MR) is 69.1 cm³/mol. The van der Waals surface area contributed by atoms with Gasteiger partial charge in [-0.1, -0.05) is 11.6 Å². The molecule has 2 N–H and O–H groups in total. The van der Waals surface area contributed by atoms with Gasteiger partial charge >= 0.3 is 0 Å². The SMILES string of the molecule is Nc1cc(Cl)cc(C(=O)N2CCSCC2)c1. The Bertz CT molecular complexity index is 385. The van der Waals surface area contributed by atoms with E-state index in [0.717, 1.165) is 24.6 Å². The number of nitrogens with two attached hydrogens (primary N) is 1. The van der Waals surface area contributed by atoms with Crippen molar-refractivity contribution in [3.05, 3.63) is 28.8 Å². The van der Waals surface area contributed by atoms with Gasteiger partial charge in [-0.25, -0.2) is 0 Å². The van der Waals surface area contributed by atoms with Crippen molar-refractivity contribution in [1.29, 1.82) is 0 Å². The summed E-state index contributed by atoms with van der Waals surface area (Å²) in [5, 5.41) is 0.509. The van der Waals surface area contributed by atoms with Crippen molar-refractivity contribution in [2.24, 2.45) is 0 Å². The zero-order chi connectivity index (χ0) is 11.5. The first-order chi connectivity index (χ1) is 7.66. The highest BCUT2D eigenvalue weighted by atomic mass is 35.5. The third kappa shape index (κ3) is 2.62. The van der Waals surface area contributed by atoms with Gasteiger partial charge < -0.3 is 10.6 Å². The highest BCUT2D eigenvalue weighted by molar-refractivity contribution is 7.99. The maximum Gasteiger partial charge on any atom is 0.254 e. The molecule has 5 heteroatoms. The number of halogens is 1. The second kappa shape index (κ2) is 4.97. The minimum atomic E-state index is 0.0227. The summed E-state index contributed by atoms with van der Waals surface area (Å²) in [6.45, 7) is 1.60. The Morgan fingerprint density at radius 3 is 2.62 bits per heavy atom. The molecule has 0 spiro atoms. The summed E-state index contributed by atoms with van der Waals surface area (Å²) in [6, 6.07) is 4.99. The van der Waals surface area contributed by atoms with Crippen LogP contribution in [0.4, 0.5) is 5.69 Å². The summed E-state index contributed by atoms with van der Waals surface area (Å²) in [4.78, 5) is 14.0. The van der Waals surface area contributed by atoms with Gasteiger partial charge in [-0.3, -0.25) is 4.79 Å². The molecule has 0 aromatic heterocycles. The molecular weight excluding hydrogens is 244 g/mol. The Labute approximate surface area is 104 Å².